The first-order chi connectivity index (χ1) is 6.85. The SMILES string of the molecule is CCN(CC(C)C)C1CS(=O)(=O)CC1O. The Balaban J connectivity index is 2.69. The van der Waals surface area contributed by atoms with Crippen molar-refractivity contribution in [2.24, 2.45) is 5.92 Å². The molecule has 0 aliphatic carbocycles. The lowest BCUT2D eigenvalue weighted by molar-refractivity contribution is 0.0791. The van der Waals surface area contributed by atoms with Crippen LogP contribution in [0.25, 0.3) is 0 Å². The molecule has 0 spiro atoms. The van der Waals surface area contributed by atoms with Gasteiger partial charge in [0.1, 0.15) is 0 Å². The number of likely N-dealkylation sites (N-methyl/N-ethyl adjacent to an activating group) is 1. The highest BCUT2D eigenvalue weighted by molar-refractivity contribution is 7.91. The molecule has 0 bridgehead atoms. The standard InChI is InChI=1S/C10H21NO3S/c1-4-11(5-8(2)3)9-6-15(13,14)7-10(9)12/h8-10,12H,4-7H2,1-3H3. The lowest BCUT2D eigenvalue weighted by Gasteiger charge is -2.30. The van der Waals surface area contributed by atoms with Crippen molar-refractivity contribution in [2.75, 3.05) is 24.6 Å². The number of aliphatic hydroxyl groups is 1. The van der Waals surface area contributed by atoms with Crippen LogP contribution < -0.4 is 0 Å². The lowest BCUT2D eigenvalue weighted by Crippen LogP contribution is -2.44. The Morgan fingerprint density at radius 2 is 2.00 bits per heavy atom. The fraction of sp³-hybridized carbons (Fsp3) is 1.00. The number of hydrogen-bond acceptors (Lipinski definition) is 4. The highest BCUT2D eigenvalue weighted by Gasteiger charge is 2.39. The number of aliphatic hydroxyl groups excluding tert-OH is 1. The molecule has 5 heteroatoms. The van der Waals surface area contributed by atoms with Crippen LogP contribution in [0.3, 0.4) is 0 Å². The average Bonchev–Trinajstić information content (AvgIpc) is 2.35. The molecule has 4 nitrogen and oxygen atoms in total. The number of nitrogens with zero attached hydrogens (tertiary/aromatic N) is 1. The second-order valence-electron chi connectivity index (χ2n) is 4.69. The number of sulfone groups is 1. The summed E-state index contributed by atoms with van der Waals surface area (Å²) in [5.74, 6) is 0.515. The molecule has 0 saturated carbocycles. The minimum atomic E-state index is -3.03. The smallest absolute Gasteiger partial charge is 0.154 e. The van der Waals surface area contributed by atoms with Crippen LogP contribution in [0.4, 0.5) is 0 Å². The van der Waals surface area contributed by atoms with Crippen molar-refractivity contribution in [2.45, 2.75) is 32.9 Å². The van der Waals surface area contributed by atoms with Gasteiger partial charge in [-0.05, 0) is 12.5 Å². The largest absolute Gasteiger partial charge is 0.390 e. The van der Waals surface area contributed by atoms with E-state index in [-0.39, 0.29) is 17.5 Å². The summed E-state index contributed by atoms with van der Waals surface area (Å²) in [5.41, 5.74) is 0. The van der Waals surface area contributed by atoms with Crippen LogP contribution in [0.15, 0.2) is 0 Å². The van der Waals surface area contributed by atoms with Crippen LogP contribution in [0.1, 0.15) is 20.8 Å². The molecule has 1 rings (SSSR count). The zero-order valence-corrected chi connectivity index (χ0v) is 10.5. The molecule has 2 atom stereocenters. The van der Waals surface area contributed by atoms with Gasteiger partial charge >= 0.3 is 0 Å². The summed E-state index contributed by atoms with van der Waals surface area (Å²) in [7, 11) is -3.03. The second-order valence-corrected chi connectivity index (χ2v) is 6.85. The Morgan fingerprint density at radius 1 is 1.40 bits per heavy atom. The summed E-state index contributed by atoms with van der Waals surface area (Å²) in [6.45, 7) is 7.82. The van der Waals surface area contributed by atoms with Crippen molar-refractivity contribution >= 4 is 9.84 Å². The molecule has 1 fully saturated rings. The molecule has 1 heterocycles. The monoisotopic (exact) mass is 235 g/mol. The second kappa shape index (κ2) is 4.80. The van der Waals surface area contributed by atoms with Crippen LogP contribution in [0, 0.1) is 5.92 Å². The van der Waals surface area contributed by atoms with Crippen LogP contribution in [-0.4, -0.2) is 55.2 Å². The van der Waals surface area contributed by atoms with Gasteiger partial charge in [0.2, 0.25) is 0 Å². The third-order valence-electron chi connectivity index (χ3n) is 2.77. The number of rotatable bonds is 4. The Morgan fingerprint density at radius 3 is 2.33 bits per heavy atom. The minimum absolute atomic E-state index is 0.0771. The summed E-state index contributed by atoms with van der Waals surface area (Å²) in [4.78, 5) is 2.07. The third-order valence-corrected chi connectivity index (χ3v) is 4.47. The van der Waals surface area contributed by atoms with E-state index < -0.39 is 15.9 Å². The fourth-order valence-electron chi connectivity index (χ4n) is 2.13. The van der Waals surface area contributed by atoms with Gasteiger partial charge in [0, 0.05) is 6.54 Å². The molecule has 0 aromatic carbocycles. The Labute approximate surface area is 92.2 Å². The van der Waals surface area contributed by atoms with Crippen molar-refractivity contribution in [3.05, 3.63) is 0 Å². The summed E-state index contributed by atoms with van der Waals surface area (Å²) in [5, 5.41) is 9.72. The summed E-state index contributed by atoms with van der Waals surface area (Å²) in [6, 6.07) is -0.206. The summed E-state index contributed by atoms with van der Waals surface area (Å²) in [6.07, 6.45) is -0.714. The van der Waals surface area contributed by atoms with Crippen molar-refractivity contribution in [3.8, 4) is 0 Å². The Kier molecular flexibility index (Phi) is 4.14. The predicted octanol–water partition coefficient (Wildman–Crippen LogP) is 0.122. The molecule has 1 aliphatic heterocycles. The molecule has 1 saturated heterocycles. The van der Waals surface area contributed by atoms with Gasteiger partial charge in [-0.25, -0.2) is 8.42 Å². The first-order valence-electron chi connectivity index (χ1n) is 5.48. The zero-order valence-electron chi connectivity index (χ0n) is 9.68. The number of hydrogen-bond donors (Lipinski definition) is 1. The van der Waals surface area contributed by atoms with Gasteiger partial charge in [-0.3, -0.25) is 4.90 Å². The maximum atomic E-state index is 11.4. The van der Waals surface area contributed by atoms with Crippen molar-refractivity contribution in [1.29, 1.82) is 0 Å². The van der Waals surface area contributed by atoms with Gasteiger partial charge < -0.3 is 5.11 Å². The van der Waals surface area contributed by atoms with E-state index in [1.807, 2.05) is 6.92 Å². The predicted molar refractivity (Wildman–Crippen MR) is 60.5 cm³/mol. The molecule has 1 N–H and O–H groups in total. The van der Waals surface area contributed by atoms with Crippen LogP contribution in [0.5, 0.6) is 0 Å². The molecular weight excluding hydrogens is 214 g/mol. The van der Waals surface area contributed by atoms with Gasteiger partial charge in [0.05, 0.1) is 23.7 Å². The van der Waals surface area contributed by atoms with Gasteiger partial charge in [-0.2, -0.15) is 0 Å². The van der Waals surface area contributed by atoms with E-state index in [4.69, 9.17) is 0 Å². The quantitative estimate of drug-likeness (QED) is 0.752. The highest BCUT2D eigenvalue weighted by Crippen LogP contribution is 2.19. The van der Waals surface area contributed by atoms with E-state index in [1.54, 1.807) is 0 Å². The molecule has 0 aromatic heterocycles. The van der Waals surface area contributed by atoms with Crippen LogP contribution >= 0.6 is 0 Å². The third kappa shape index (κ3) is 3.43. The maximum absolute atomic E-state index is 11.4. The highest BCUT2D eigenvalue weighted by atomic mass is 32.2. The van der Waals surface area contributed by atoms with Gasteiger partial charge in [-0.1, -0.05) is 20.8 Å². The van der Waals surface area contributed by atoms with E-state index in [0.717, 1.165) is 13.1 Å². The van der Waals surface area contributed by atoms with E-state index in [2.05, 4.69) is 18.7 Å². The summed E-state index contributed by atoms with van der Waals surface area (Å²) >= 11 is 0. The maximum Gasteiger partial charge on any atom is 0.154 e. The van der Waals surface area contributed by atoms with Gasteiger partial charge in [0.25, 0.3) is 0 Å². The molecule has 0 amide bonds. The Bertz CT molecular complexity index is 300. The zero-order chi connectivity index (χ0) is 11.6. The van der Waals surface area contributed by atoms with Crippen molar-refractivity contribution < 1.29 is 13.5 Å². The lowest BCUT2D eigenvalue weighted by atomic mass is 10.1. The average molecular weight is 235 g/mol. The van der Waals surface area contributed by atoms with E-state index >= 15 is 0 Å². The molecular formula is C10H21NO3S. The molecule has 90 valence electrons. The molecule has 0 radical (unpaired) electrons. The van der Waals surface area contributed by atoms with Gasteiger partial charge in [0.15, 0.2) is 9.84 Å². The van der Waals surface area contributed by atoms with E-state index in [1.165, 1.54) is 0 Å². The first kappa shape index (κ1) is 12.9. The van der Waals surface area contributed by atoms with Crippen LogP contribution in [-0.2, 0) is 9.84 Å². The van der Waals surface area contributed by atoms with Crippen molar-refractivity contribution in [1.82, 2.24) is 4.90 Å². The Hall–Kier alpha value is -0.130. The fourth-order valence-corrected chi connectivity index (χ4v) is 3.96. The van der Waals surface area contributed by atoms with E-state index in [0.29, 0.717) is 5.92 Å². The molecule has 2 unspecified atom stereocenters. The molecule has 15 heavy (non-hydrogen) atoms. The summed E-state index contributed by atoms with van der Waals surface area (Å²) < 4.78 is 22.7. The van der Waals surface area contributed by atoms with E-state index in [9.17, 15) is 13.5 Å². The normalized spacial score (nSPS) is 30.3. The van der Waals surface area contributed by atoms with Gasteiger partial charge in [-0.15, -0.1) is 0 Å². The topological polar surface area (TPSA) is 57.6 Å². The molecule has 1 aliphatic rings. The van der Waals surface area contributed by atoms with Crippen molar-refractivity contribution in [3.63, 3.8) is 0 Å². The van der Waals surface area contributed by atoms with Crippen LogP contribution in [0.2, 0.25) is 0 Å². The molecule has 0 aromatic rings. The first-order valence-corrected chi connectivity index (χ1v) is 7.30. The minimum Gasteiger partial charge on any atom is -0.390 e.